The molecule has 0 N–H and O–H groups in total. The van der Waals surface area contributed by atoms with Crippen LogP contribution in [0.3, 0.4) is 0 Å². The summed E-state index contributed by atoms with van der Waals surface area (Å²) >= 11 is 0. The first kappa shape index (κ1) is 34.0. The van der Waals surface area contributed by atoms with E-state index in [0.29, 0.717) is 0 Å². The molecule has 2 heteroatoms. The molecule has 0 bridgehead atoms. The molecule has 1 aliphatic rings. The summed E-state index contributed by atoms with van der Waals surface area (Å²) in [6.45, 7) is 0. The quantitative estimate of drug-likeness (QED) is 0.132. The van der Waals surface area contributed by atoms with E-state index in [1.807, 2.05) is 12.3 Å². The fraction of sp³-hybridized carbons (Fsp3) is 0.0169. The van der Waals surface area contributed by atoms with Gasteiger partial charge in [-0.3, -0.25) is 4.98 Å². The van der Waals surface area contributed by atoms with Crippen LogP contribution >= 0.6 is 0 Å². The molecule has 2 heterocycles. The van der Waals surface area contributed by atoms with Crippen LogP contribution < -0.4 is 0 Å². The zero-order valence-corrected chi connectivity index (χ0v) is 33.2. The Balaban J connectivity index is 1.10. The van der Waals surface area contributed by atoms with Crippen molar-refractivity contribution in [1.29, 1.82) is 0 Å². The Kier molecular flexibility index (Phi) is 7.26. The molecule has 13 rings (SSSR count). The van der Waals surface area contributed by atoms with Crippen LogP contribution in [0.5, 0.6) is 0 Å². The number of nitrogens with zero attached hydrogens (tertiary/aromatic N) is 2. The van der Waals surface area contributed by atoms with Crippen LogP contribution in [0.1, 0.15) is 22.3 Å². The Morgan fingerprint density at radius 1 is 0.328 bits per heavy atom. The SMILES string of the molecule is c1ccc(C2(c3ccccc3)c3ccccc3-c3c2ccc2cc(-c4ccc(-c5ccc6ccc7cccnc7c6n5)c5cc6ccccc6cc45)c4ccccc4c32)cc1. The third-order valence-electron chi connectivity index (χ3n) is 13.3. The second kappa shape index (κ2) is 13.0. The fourth-order valence-electron chi connectivity index (χ4n) is 10.7. The van der Waals surface area contributed by atoms with Gasteiger partial charge < -0.3 is 0 Å². The molecule has 0 atom stereocenters. The van der Waals surface area contributed by atoms with Crippen molar-refractivity contribution in [3.8, 4) is 33.5 Å². The van der Waals surface area contributed by atoms with Crippen LogP contribution in [-0.2, 0) is 5.41 Å². The highest BCUT2D eigenvalue weighted by atomic mass is 14.8. The van der Waals surface area contributed by atoms with Gasteiger partial charge in [0.05, 0.1) is 22.1 Å². The van der Waals surface area contributed by atoms with E-state index in [1.165, 1.54) is 87.6 Å². The van der Waals surface area contributed by atoms with E-state index in [0.717, 1.165) is 33.1 Å². The number of pyridine rings is 2. The van der Waals surface area contributed by atoms with Crippen molar-refractivity contribution < 1.29 is 0 Å². The lowest BCUT2D eigenvalue weighted by molar-refractivity contribution is 0.769. The molecule has 2 aromatic heterocycles. The zero-order valence-electron chi connectivity index (χ0n) is 33.2. The van der Waals surface area contributed by atoms with Gasteiger partial charge in [-0.1, -0.05) is 182 Å². The van der Waals surface area contributed by atoms with Gasteiger partial charge in [-0.05, 0) is 118 Å². The Labute approximate surface area is 353 Å². The molecule has 0 amide bonds. The molecule has 0 unspecified atom stereocenters. The number of hydrogen-bond donors (Lipinski definition) is 0. The smallest absolute Gasteiger partial charge is 0.0972 e. The Bertz CT molecular complexity index is 3720. The molecular weight excluding hydrogens is 737 g/mol. The van der Waals surface area contributed by atoms with E-state index in [4.69, 9.17) is 9.97 Å². The van der Waals surface area contributed by atoms with Crippen molar-refractivity contribution in [2.45, 2.75) is 5.41 Å². The summed E-state index contributed by atoms with van der Waals surface area (Å²) in [5.74, 6) is 0. The molecule has 61 heavy (non-hydrogen) atoms. The van der Waals surface area contributed by atoms with Gasteiger partial charge in [-0.2, -0.15) is 0 Å². The van der Waals surface area contributed by atoms with Gasteiger partial charge in [-0.25, -0.2) is 4.98 Å². The van der Waals surface area contributed by atoms with E-state index in [-0.39, 0.29) is 0 Å². The van der Waals surface area contributed by atoms with Crippen molar-refractivity contribution in [2.75, 3.05) is 0 Å². The van der Waals surface area contributed by atoms with Gasteiger partial charge in [0.2, 0.25) is 0 Å². The summed E-state index contributed by atoms with van der Waals surface area (Å²) in [6.07, 6.45) is 1.86. The van der Waals surface area contributed by atoms with Gasteiger partial charge >= 0.3 is 0 Å². The topological polar surface area (TPSA) is 25.8 Å². The Hall–Kier alpha value is -7.94. The molecule has 2 nitrogen and oxygen atoms in total. The van der Waals surface area contributed by atoms with E-state index < -0.39 is 5.41 Å². The fourth-order valence-corrected chi connectivity index (χ4v) is 10.7. The molecule has 0 fully saturated rings. The van der Waals surface area contributed by atoms with Gasteiger partial charge in [0.25, 0.3) is 0 Å². The van der Waals surface area contributed by atoms with E-state index in [2.05, 4.69) is 206 Å². The molecule has 12 aromatic rings. The maximum absolute atomic E-state index is 5.34. The van der Waals surface area contributed by atoms with Crippen LogP contribution in [0.25, 0.3) is 98.4 Å². The molecule has 282 valence electrons. The van der Waals surface area contributed by atoms with Crippen molar-refractivity contribution >= 4 is 64.9 Å². The predicted octanol–water partition coefficient (Wildman–Crippen LogP) is 15.1. The Morgan fingerprint density at radius 2 is 0.918 bits per heavy atom. The van der Waals surface area contributed by atoms with Crippen molar-refractivity contribution in [1.82, 2.24) is 9.97 Å². The van der Waals surface area contributed by atoms with Crippen molar-refractivity contribution in [3.05, 3.63) is 241 Å². The number of fused-ring (bicyclic) bond motifs is 12. The third-order valence-corrected chi connectivity index (χ3v) is 13.3. The molecule has 0 spiro atoms. The largest absolute Gasteiger partial charge is 0.254 e. The monoisotopic (exact) mass is 772 g/mol. The minimum Gasteiger partial charge on any atom is -0.254 e. The zero-order chi connectivity index (χ0) is 40.1. The van der Waals surface area contributed by atoms with Crippen LogP contribution in [0.4, 0.5) is 0 Å². The van der Waals surface area contributed by atoms with Crippen LogP contribution in [0.15, 0.2) is 219 Å². The molecule has 0 saturated carbocycles. The third kappa shape index (κ3) is 4.85. The average Bonchev–Trinajstić information content (AvgIpc) is 3.64. The lowest BCUT2D eigenvalue weighted by atomic mass is 9.67. The average molecular weight is 773 g/mol. The second-order valence-corrected chi connectivity index (χ2v) is 16.4. The van der Waals surface area contributed by atoms with Crippen molar-refractivity contribution in [2.24, 2.45) is 0 Å². The van der Waals surface area contributed by atoms with E-state index in [9.17, 15) is 0 Å². The molecular formula is C59H36N2. The van der Waals surface area contributed by atoms with Crippen LogP contribution in [0, 0.1) is 0 Å². The summed E-state index contributed by atoms with van der Waals surface area (Å²) in [4.78, 5) is 10.1. The highest BCUT2D eigenvalue weighted by Crippen LogP contribution is 2.59. The van der Waals surface area contributed by atoms with Gasteiger partial charge in [0.15, 0.2) is 0 Å². The predicted molar refractivity (Wildman–Crippen MR) is 255 cm³/mol. The summed E-state index contributed by atoms with van der Waals surface area (Å²) in [7, 11) is 0. The molecule has 10 aromatic carbocycles. The molecule has 0 saturated heterocycles. The van der Waals surface area contributed by atoms with Gasteiger partial charge in [-0.15, -0.1) is 0 Å². The normalized spacial score (nSPS) is 13.0. The summed E-state index contributed by atoms with van der Waals surface area (Å²) in [5, 5.41) is 12.0. The van der Waals surface area contributed by atoms with E-state index >= 15 is 0 Å². The van der Waals surface area contributed by atoms with Crippen molar-refractivity contribution in [3.63, 3.8) is 0 Å². The van der Waals surface area contributed by atoms with Crippen LogP contribution in [-0.4, -0.2) is 9.97 Å². The summed E-state index contributed by atoms with van der Waals surface area (Å²) in [5.41, 5.74) is 13.7. The number of aromatic nitrogens is 2. The van der Waals surface area contributed by atoms with Gasteiger partial charge in [0, 0.05) is 22.5 Å². The molecule has 0 radical (unpaired) electrons. The van der Waals surface area contributed by atoms with Crippen LogP contribution in [0.2, 0.25) is 0 Å². The molecule has 0 aliphatic heterocycles. The second-order valence-electron chi connectivity index (χ2n) is 16.4. The molecule has 1 aliphatic carbocycles. The maximum atomic E-state index is 5.34. The number of benzene rings is 10. The van der Waals surface area contributed by atoms with Gasteiger partial charge in [0.1, 0.15) is 0 Å². The number of hydrogen-bond acceptors (Lipinski definition) is 2. The lowest BCUT2D eigenvalue weighted by Gasteiger charge is -2.34. The first-order valence-corrected chi connectivity index (χ1v) is 21.1. The standard InChI is InChI=1S/C59H36N2/c1-3-17-42(18-4-1)59(43-19-5-2-6-20-43)52-24-12-11-23-48(52)56-53(59)31-27-41-36-49(44-21-9-10-22-47(44)55(41)56)45-29-30-46(51-35-40-15-8-7-14-39(40)34-50(45)51)54-32-28-38-26-25-37-16-13-33-60-57(37)58(38)61-54/h1-36H. The summed E-state index contributed by atoms with van der Waals surface area (Å²) < 4.78 is 0. The summed E-state index contributed by atoms with van der Waals surface area (Å²) in [6, 6.07) is 78.3. The first-order valence-electron chi connectivity index (χ1n) is 21.1. The Morgan fingerprint density at radius 3 is 1.69 bits per heavy atom. The number of rotatable bonds is 4. The lowest BCUT2D eigenvalue weighted by Crippen LogP contribution is -2.28. The highest BCUT2D eigenvalue weighted by Gasteiger charge is 2.46. The highest BCUT2D eigenvalue weighted by molar-refractivity contribution is 6.23. The maximum Gasteiger partial charge on any atom is 0.0972 e. The van der Waals surface area contributed by atoms with E-state index in [1.54, 1.807) is 0 Å². The minimum absolute atomic E-state index is 0.464. The minimum atomic E-state index is -0.464. The first-order chi connectivity index (χ1) is 30.3.